The molecule has 1 amide bonds. The lowest BCUT2D eigenvalue weighted by Gasteiger charge is -2.31. The van der Waals surface area contributed by atoms with Gasteiger partial charge in [-0.15, -0.1) is 0 Å². The van der Waals surface area contributed by atoms with Gasteiger partial charge in [0.15, 0.2) is 0 Å². The van der Waals surface area contributed by atoms with Crippen LogP contribution in [0.2, 0.25) is 0 Å². The normalized spacial score (nSPS) is 34.2. The van der Waals surface area contributed by atoms with Crippen molar-refractivity contribution in [2.45, 2.75) is 44.6 Å². The third kappa shape index (κ3) is 3.69. The van der Waals surface area contributed by atoms with Crippen LogP contribution in [0.4, 0.5) is 0 Å². The number of hydrogen-bond donors (Lipinski definition) is 2. The Hall–Kier alpha value is -0.610. The molecule has 3 unspecified atom stereocenters. The molecule has 1 aliphatic carbocycles. The van der Waals surface area contributed by atoms with Gasteiger partial charge in [-0.25, -0.2) is 0 Å². The largest absolute Gasteiger partial charge is 0.355 e. The van der Waals surface area contributed by atoms with Crippen LogP contribution >= 0.6 is 0 Å². The number of amides is 1. The van der Waals surface area contributed by atoms with Gasteiger partial charge in [-0.3, -0.25) is 4.79 Å². The Bertz CT molecular complexity index is 282. The Kier molecular flexibility index (Phi) is 5.01. The van der Waals surface area contributed by atoms with Crippen molar-refractivity contribution >= 4 is 5.91 Å². The minimum absolute atomic E-state index is 0.0556. The lowest BCUT2D eigenvalue weighted by Crippen LogP contribution is -2.46. The summed E-state index contributed by atoms with van der Waals surface area (Å²) in [5, 5.41) is 3.13. The average molecular weight is 253 g/mol. The second-order valence-corrected chi connectivity index (χ2v) is 6.07. The van der Waals surface area contributed by atoms with E-state index in [1.807, 2.05) is 0 Å². The lowest BCUT2D eigenvalue weighted by atomic mass is 9.84. The third-order valence-corrected chi connectivity index (χ3v) is 4.44. The summed E-state index contributed by atoms with van der Waals surface area (Å²) < 4.78 is 0. The predicted octanol–water partition coefficient (Wildman–Crippen LogP) is 0.962. The first-order valence-electron chi connectivity index (χ1n) is 7.38. The molecule has 104 valence electrons. The maximum Gasteiger partial charge on any atom is 0.224 e. The number of nitrogens with zero attached hydrogens (tertiary/aromatic N) is 1. The van der Waals surface area contributed by atoms with E-state index in [9.17, 15) is 4.79 Å². The van der Waals surface area contributed by atoms with Gasteiger partial charge in [-0.2, -0.15) is 0 Å². The van der Waals surface area contributed by atoms with Gasteiger partial charge in [-0.1, -0.05) is 12.8 Å². The highest BCUT2D eigenvalue weighted by Crippen LogP contribution is 2.23. The first kappa shape index (κ1) is 13.8. The van der Waals surface area contributed by atoms with Crippen LogP contribution in [0.25, 0.3) is 0 Å². The van der Waals surface area contributed by atoms with Gasteiger partial charge in [0.25, 0.3) is 0 Å². The molecule has 4 nitrogen and oxygen atoms in total. The molecule has 0 spiro atoms. The van der Waals surface area contributed by atoms with Crippen molar-refractivity contribution in [3.8, 4) is 0 Å². The van der Waals surface area contributed by atoms with Gasteiger partial charge in [0.1, 0.15) is 0 Å². The number of nitrogens with two attached hydrogens (primary N) is 1. The summed E-state index contributed by atoms with van der Waals surface area (Å²) in [6.07, 6.45) is 6.79. The molecule has 0 aromatic carbocycles. The molecular formula is C14H27N3O. The van der Waals surface area contributed by atoms with E-state index in [4.69, 9.17) is 5.73 Å². The highest BCUT2D eigenvalue weighted by atomic mass is 16.1. The quantitative estimate of drug-likeness (QED) is 0.788. The number of carbonyl (C=O) groups excluding carboxylic acids is 1. The third-order valence-electron chi connectivity index (χ3n) is 4.44. The van der Waals surface area contributed by atoms with Crippen LogP contribution in [0.3, 0.4) is 0 Å². The first-order valence-corrected chi connectivity index (χ1v) is 7.38. The van der Waals surface area contributed by atoms with Crippen LogP contribution in [0.15, 0.2) is 0 Å². The predicted molar refractivity (Wildman–Crippen MR) is 73.2 cm³/mol. The molecule has 0 aromatic rings. The van der Waals surface area contributed by atoms with Crippen LogP contribution in [-0.2, 0) is 4.79 Å². The van der Waals surface area contributed by atoms with Gasteiger partial charge >= 0.3 is 0 Å². The zero-order valence-electron chi connectivity index (χ0n) is 11.5. The minimum atomic E-state index is 0.0556. The molecule has 1 aliphatic heterocycles. The van der Waals surface area contributed by atoms with E-state index < -0.39 is 0 Å². The zero-order valence-corrected chi connectivity index (χ0v) is 11.5. The molecule has 2 aliphatic rings. The Balaban J connectivity index is 1.73. The van der Waals surface area contributed by atoms with E-state index in [1.165, 1.54) is 25.8 Å². The van der Waals surface area contributed by atoms with Gasteiger partial charge in [-0.05, 0) is 45.2 Å². The van der Waals surface area contributed by atoms with Crippen molar-refractivity contribution in [1.29, 1.82) is 0 Å². The molecule has 3 atom stereocenters. The molecule has 1 heterocycles. The monoisotopic (exact) mass is 253 g/mol. The maximum atomic E-state index is 12.1. The number of piperidine rings is 1. The van der Waals surface area contributed by atoms with Crippen molar-refractivity contribution in [3.05, 3.63) is 0 Å². The summed E-state index contributed by atoms with van der Waals surface area (Å²) in [7, 11) is 2.16. The summed E-state index contributed by atoms with van der Waals surface area (Å²) in [5.74, 6) is 0.864. The van der Waals surface area contributed by atoms with Crippen molar-refractivity contribution < 1.29 is 4.79 Å². The topological polar surface area (TPSA) is 58.4 Å². The zero-order chi connectivity index (χ0) is 13.0. The average Bonchev–Trinajstić information content (AvgIpc) is 2.37. The molecular weight excluding hydrogens is 226 g/mol. The van der Waals surface area contributed by atoms with Crippen LogP contribution in [0.5, 0.6) is 0 Å². The fourth-order valence-electron chi connectivity index (χ4n) is 3.30. The molecule has 2 rings (SSSR count). The fraction of sp³-hybridized carbons (Fsp3) is 0.929. The first-order chi connectivity index (χ1) is 8.66. The van der Waals surface area contributed by atoms with E-state index in [0.29, 0.717) is 5.92 Å². The Labute approximate surface area is 110 Å². The molecule has 0 bridgehead atoms. The smallest absolute Gasteiger partial charge is 0.224 e. The Morgan fingerprint density at radius 2 is 2.06 bits per heavy atom. The summed E-state index contributed by atoms with van der Waals surface area (Å²) in [6.45, 7) is 3.13. The molecule has 2 fully saturated rings. The maximum absolute atomic E-state index is 12.1. The number of nitrogens with one attached hydrogen (secondary N) is 1. The summed E-state index contributed by atoms with van der Waals surface area (Å²) in [6, 6.07) is 0.0766. The molecule has 1 saturated heterocycles. The van der Waals surface area contributed by atoms with Crippen LogP contribution in [0.1, 0.15) is 38.5 Å². The van der Waals surface area contributed by atoms with Crippen molar-refractivity contribution in [1.82, 2.24) is 10.2 Å². The van der Waals surface area contributed by atoms with E-state index in [-0.39, 0.29) is 17.9 Å². The number of hydrogen-bond acceptors (Lipinski definition) is 3. The van der Waals surface area contributed by atoms with Gasteiger partial charge in [0.05, 0.1) is 5.92 Å². The van der Waals surface area contributed by atoms with Crippen LogP contribution < -0.4 is 11.1 Å². The van der Waals surface area contributed by atoms with Crippen molar-refractivity contribution in [3.63, 3.8) is 0 Å². The number of carbonyl (C=O) groups is 1. The van der Waals surface area contributed by atoms with Crippen LogP contribution in [-0.4, -0.2) is 43.5 Å². The molecule has 0 radical (unpaired) electrons. The summed E-state index contributed by atoms with van der Waals surface area (Å²) in [4.78, 5) is 14.5. The van der Waals surface area contributed by atoms with Crippen molar-refractivity contribution in [2.75, 3.05) is 26.7 Å². The van der Waals surface area contributed by atoms with E-state index >= 15 is 0 Å². The Morgan fingerprint density at radius 3 is 2.78 bits per heavy atom. The number of rotatable bonds is 3. The molecule has 0 aromatic heterocycles. The Morgan fingerprint density at radius 1 is 1.28 bits per heavy atom. The minimum Gasteiger partial charge on any atom is -0.355 e. The lowest BCUT2D eigenvalue weighted by molar-refractivity contribution is -0.126. The standard InChI is InChI=1S/C14H27N3O/c1-17-8-4-5-11(10-17)9-16-14(18)12-6-2-3-7-13(12)15/h11-13H,2-10,15H2,1H3,(H,16,18). The summed E-state index contributed by atoms with van der Waals surface area (Å²) in [5.41, 5.74) is 6.04. The molecule has 1 saturated carbocycles. The van der Waals surface area contributed by atoms with Gasteiger partial charge in [0, 0.05) is 19.1 Å². The highest BCUT2D eigenvalue weighted by Gasteiger charge is 2.28. The van der Waals surface area contributed by atoms with Gasteiger partial charge < -0.3 is 16.0 Å². The molecule has 18 heavy (non-hydrogen) atoms. The van der Waals surface area contributed by atoms with E-state index in [1.54, 1.807) is 0 Å². The molecule has 3 N–H and O–H groups in total. The summed E-state index contributed by atoms with van der Waals surface area (Å²) >= 11 is 0. The molecule has 4 heteroatoms. The van der Waals surface area contributed by atoms with Crippen molar-refractivity contribution in [2.24, 2.45) is 17.6 Å². The fourth-order valence-corrected chi connectivity index (χ4v) is 3.30. The number of likely N-dealkylation sites (tertiary alicyclic amines) is 1. The van der Waals surface area contributed by atoms with Crippen LogP contribution in [0, 0.1) is 11.8 Å². The highest BCUT2D eigenvalue weighted by molar-refractivity contribution is 5.79. The SMILES string of the molecule is CN1CCCC(CNC(=O)C2CCCCC2N)C1. The van der Waals surface area contributed by atoms with E-state index in [0.717, 1.165) is 32.4 Å². The van der Waals surface area contributed by atoms with E-state index in [2.05, 4.69) is 17.3 Å². The second-order valence-electron chi connectivity index (χ2n) is 6.07. The second kappa shape index (κ2) is 6.53. The van der Waals surface area contributed by atoms with Gasteiger partial charge in [0.2, 0.25) is 5.91 Å².